The molecule has 2 atom stereocenters. The first kappa shape index (κ1) is 16.9. The van der Waals surface area contributed by atoms with Gasteiger partial charge >= 0.3 is 6.09 Å². The van der Waals surface area contributed by atoms with Crippen LogP contribution in [0.15, 0.2) is 30.3 Å². The van der Waals surface area contributed by atoms with Gasteiger partial charge in [0, 0.05) is 29.3 Å². The van der Waals surface area contributed by atoms with E-state index in [1.165, 1.54) is 0 Å². The summed E-state index contributed by atoms with van der Waals surface area (Å²) in [6, 6.07) is 9.28. The number of halogens is 1. The Morgan fingerprint density at radius 1 is 1.33 bits per heavy atom. The summed E-state index contributed by atoms with van der Waals surface area (Å²) in [4.78, 5) is 14.2. The van der Waals surface area contributed by atoms with Gasteiger partial charge < -0.3 is 9.84 Å². The third-order valence-corrected chi connectivity index (χ3v) is 4.56. The zero-order valence-corrected chi connectivity index (χ0v) is 15.1. The van der Waals surface area contributed by atoms with Crippen LogP contribution in [0.3, 0.4) is 0 Å². The largest absolute Gasteiger partial charge is 0.507 e. The first-order valence-corrected chi connectivity index (χ1v) is 8.52. The van der Waals surface area contributed by atoms with E-state index >= 15 is 0 Å². The molecule has 2 aromatic rings. The fourth-order valence-corrected chi connectivity index (χ4v) is 3.43. The minimum atomic E-state index is -0.583. The molecule has 1 aliphatic rings. The number of carbonyl (C=O) groups is 1. The van der Waals surface area contributed by atoms with Crippen molar-refractivity contribution in [1.29, 1.82) is 0 Å². The number of alkyl halides is 1. The molecule has 0 saturated heterocycles. The zero-order valence-electron chi connectivity index (χ0n) is 14.3. The highest BCUT2D eigenvalue weighted by atomic mass is 35.5. The second kappa shape index (κ2) is 5.85. The molecule has 24 heavy (non-hydrogen) atoms. The molecule has 128 valence electrons. The van der Waals surface area contributed by atoms with Gasteiger partial charge in [-0.3, -0.25) is 4.90 Å². The summed E-state index contributed by atoms with van der Waals surface area (Å²) in [6.07, 6.45) is -0.418. The number of fused-ring (bicyclic) bond motifs is 3. The highest BCUT2D eigenvalue weighted by Crippen LogP contribution is 2.47. The number of anilines is 1. The molecule has 0 unspecified atom stereocenters. The number of rotatable bonds is 1. The Morgan fingerprint density at radius 3 is 2.54 bits per heavy atom. The molecule has 1 amide bonds. The number of hydrogen-bond acceptors (Lipinski definition) is 3. The van der Waals surface area contributed by atoms with E-state index in [2.05, 4.69) is 0 Å². The van der Waals surface area contributed by atoms with Gasteiger partial charge in [-0.2, -0.15) is 0 Å². The first-order chi connectivity index (χ1) is 11.2. The third kappa shape index (κ3) is 2.91. The summed E-state index contributed by atoms with van der Waals surface area (Å²) in [5.41, 5.74) is 1.09. The number of aromatic hydroxyl groups is 1. The van der Waals surface area contributed by atoms with E-state index in [4.69, 9.17) is 16.3 Å². The molecule has 0 aliphatic carbocycles. The van der Waals surface area contributed by atoms with E-state index in [0.29, 0.717) is 12.2 Å². The Morgan fingerprint density at radius 2 is 1.96 bits per heavy atom. The molecule has 0 radical (unpaired) electrons. The molecule has 1 aliphatic heterocycles. The molecule has 0 saturated carbocycles. The number of carbonyl (C=O) groups excluding carboxylic acids is 1. The van der Waals surface area contributed by atoms with Crippen molar-refractivity contribution in [2.24, 2.45) is 0 Å². The average molecular weight is 348 g/mol. The summed E-state index contributed by atoms with van der Waals surface area (Å²) < 4.78 is 5.52. The number of phenols is 1. The quantitative estimate of drug-likeness (QED) is 0.737. The Kier molecular flexibility index (Phi) is 4.12. The zero-order chi connectivity index (χ0) is 17.6. The molecule has 0 fully saturated rings. The van der Waals surface area contributed by atoms with E-state index in [9.17, 15) is 9.90 Å². The van der Waals surface area contributed by atoms with Crippen molar-refractivity contribution in [2.45, 2.75) is 44.6 Å². The van der Waals surface area contributed by atoms with Gasteiger partial charge in [0.15, 0.2) is 0 Å². The summed E-state index contributed by atoms with van der Waals surface area (Å²) in [5.74, 6) is 0.139. The maximum atomic E-state index is 12.6. The van der Waals surface area contributed by atoms with Crippen molar-refractivity contribution in [3.05, 3.63) is 35.9 Å². The topological polar surface area (TPSA) is 49.8 Å². The second-order valence-corrected chi connectivity index (χ2v) is 7.94. The molecule has 0 bridgehead atoms. The SMILES string of the molecule is C[C@@H](Cl)[C@@H]1CN(C(=O)OC(C)(C)C)c2cc(O)c3ccccc3c21. The summed E-state index contributed by atoms with van der Waals surface area (Å²) >= 11 is 6.41. The van der Waals surface area contributed by atoms with E-state index in [-0.39, 0.29) is 17.0 Å². The normalized spacial score (nSPS) is 18.5. The molecular weight excluding hydrogens is 326 g/mol. The van der Waals surface area contributed by atoms with Crippen LogP contribution in [0, 0.1) is 0 Å². The molecule has 2 aromatic carbocycles. The van der Waals surface area contributed by atoms with E-state index in [0.717, 1.165) is 16.3 Å². The van der Waals surface area contributed by atoms with Gasteiger partial charge in [-0.25, -0.2) is 4.79 Å². The monoisotopic (exact) mass is 347 g/mol. The van der Waals surface area contributed by atoms with Crippen molar-refractivity contribution in [1.82, 2.24) is 0 Å². The van der Waals surface area contributed by atoms with Crippen LogP contribution in [0.5, 0.6) is 5.75 Å². The summed E-state index contributed by atoms with van der Waals surface area (Å²) in [7, 11) is 0. The van der Waals surface area contributed by atoms with Crippen LogP contribution >= 0.6 is 11.6 Å². The lowest BCUT2D eigenvalue weighted by Gasteiger charge is -2.25. The maximum absolute atomic E-state index is 12.6. The van der Waals surface area contributed by atoms with Crippen LogP contribution in [0.25, 0.3) is 10.8 Å². The lowest BCUT2D eigenvalue weighted by molar-refractivity contribution is 0.0582. The van der Waals surface area contributed by atoms with Crippen LogP contribution in [0.1, 0.15) is 39.2 Å². The van der Waals surface area contributed by atoms with Crippen molar-refractivity contribution in [3.63, 3.8) is 0 Å². The number of nitrogens with zero attached hydrogens (tertiary/aromatic N) is 1. The molecule has 1 N–H and O–H groups in total. The molecule has 0 spiro atoms. The Balaban J connectivity index is 2.16. The number of benzene rings is 2. The highest BCUT2D eigenvalue weighted by molar-refractivity contribution is 6.21. The fraction of sp³-hybridized carbons (Fsp3) is 0.421. The van der Waals surface area contributed by atoms with E-state index in [1.807, 2.05) is 52.0 Å². The van der Waals surface area contributed by atoms with Crippen molar-refractivity contribution in [2.75, 3.05) is 11.4 Å². The van der Waals surface area contributed by atoms with Crippen LogP contribution in [0.4, 0.5) is 10.5 Å². The van der Waals surface area contributed by atoms with Crippen molar-refractivity contribution >= 4 is 34.2 Å². The van der Waals surface area contributed by atoms with Crippen LogP contribution < -0.4 is 4.90 Å². The smallest absolute Gasteiger partial charge is 0.414 e. The van der Waals surface area contributed by atoms with Crippen LogP contribution in [0.2, 0.25) is 0 Å². The van der Waals surface area contributed by atoms with E-state index < -0.39 is 11.7 Å². The van der Waals surface area contributed by atoms with Gasteiger partial charge in [-0.1, -0.05) is 24.3 Å². The maximum Gasteiger partial charge on any atom is 0.414 e. The number of hydrogen-bond donors (Lipinski definition) is 1. The molecule has 1 heterocycles. The van der Waals surface area contributed by atoms with Crippen molar-refractivity contribution < 1.29 is 14.6 Å². The summed E-state index contributed by atoms with van der Waals surface area (Å²) in [5, 5.41) is 11.9. The van der Waals surface area contributed by atoms with Crippen LogP contribution in [-0.2, 0) is 4.74 Å². The highest BCUT2D eigenvalue weighted by Gasteiger charge is 2.38. The van der Waals surface area contributed by atoms with Gasteiger partial charge in [-0.05, 0) is 38.6 Å². The lowest BCUT2D eigenvalue weighted by atomic mass is 9.92. The predicted octanol–water partition coefficient (Wildman–Crippen LogP) is 5.01. The Hall–Kier alpha value is -1.94. The number of phenolic OH excluding ortho intramolecular Hbond substituents is 1. The molecule has 4 nitrogen and oxygen atoms in total. The number of amides is 1. The molecule has 0 aromatic heterocycles. The van der Waals surface area contributed by atoms with Gasteiger partial charge in [0.2, 0.25) is 0 Å². The predicted molar refractivity (Wildman–Crippen MR) is 97.2 cm³/mol. The lowest BCUT2D eigenvalue weighted by Crippen LogP contribution is -2.36. The fourth-order valence-electron chi connectivity index (χ4n) is 3.23. The Bertz CT molecular complexity index is 795. The first-order valence-electron chi connectivity index (χ1n) is 8.08. The van der Waals surface area contributed by atoms with Crippen molar-refractivity contribution in [3.8, 4) is 5.75 Å². The minimum absolute atomic E-state index is 0.0142. The van der Waals surface area contributed by atoms with Gasteiger partial charge in [-0.15, -0.1) is 11.6 Å². The molecule has 5 heteroatoms. The van der Waals surface area contributed by atoms with Gasteiger partial charge in [0.25, 0.3) is 0 Å². The standard InChI is InChI=1S/C19H22ClNO3/c1-11(20)14-10-21(18(23)24-19(2,3)4)15-9-16(22)12-7-5-6-8-13(12)17(14)15/h5-9,11,14,22H,10H2,1-4H3/t11-,14+/m1/s1. The molecule has 3 rings (SSSR count). The van der Waals surface area contributed by atoms with E-state index in [1.54, 1.807) is 11.0 Å². The van der Waals surface area contributed by atoms with Crippen LogP contribution in [-0.4, -0.2) is 28.7 Å². The minimum Gasteiger partial charge on any atom is -0.507 e. The van der Waals surface area contributed by atoms with Gasteiger partial charge in [0.1, 0.15) is 11.4 Å². The second-order valence-electron chi connectivity index (χ2n) is 7.25. The third-order valence-electron chi connectivity index (χ3n) is 4.25. The number of ether oxygens (including phenoxy) is 1. The summed E-state index contributed by atoms with van der Waals surface area (Å²) in [6.45, 7) is 7.88. The average Bonchev–Trinajstić information content (AvgIpc) is 2.85. The van der Waals surface area contributed by atoms with Gasteiger partial charge in [0.05, 0.1) is 5.69 Å². The molecular formula is C19H22ClNO3. The Labute approximate surface area is 147 Å².